The molecule has 1 atom stereocenters. The number of carboxylic acids is 1. The predicted molar refractivity (Wildman–Crippen MR) is 70.7 cm³/mol. The van der Waals surface area contributed by atoms with Crippen molar-refractivity contribution in [3.63, 3.8) is 0 Å². The molecule has 2 rings (SSSR count). The summed E-state index contributed by atoms with van der Waals surface area (Å²) in [4.78, 5) is 13.1. The topological polar surface area (TPSA) is 71.4 Å². The van der Waals surface area contributed by atoms with Crippen LogP contribution in [0.25, 0.3) is 0 Å². The van der Waals surface area contributed by atoms with E-state index in [2.05, 4.69) is 0 Å². The van der Waals surface area contributed by atoms with E-state index in [1.165, 1.54) is 11.3 Å². The van der Waals surface area contributed by atoms with Crippen LogP contribution in [-0.4, -0.2) is 25.2 Å². The van der Waals surface area contributed by atoms with Crippen molar-refractivity contribution in [1.29, 1.82) is 0 Å². The SMILES string of the molecule is CC(C)C(C(=O)O)c1cc2c(s1)CCS(=O)(=O)C2. The molecule has 1 aromatic rings. The molecule has 0 spiro atoms. The minimum absolute atomic E-state index is 0.000731. The van der Waals surface area contributed by atoms with Gasteiger partial charge in [-0.1, -0.05) is 13.8 Å². The highest BCUT2D eigenvalue weighted by atomic mass is 32.2. The van der Waals surface area contributed by atoms with Crippen molar-refractivity contribution in [2.75, 3.05) is 5.75 Å². The van der Waals surface area contributed by atoms with E-state index < -0.39 is 21.7 Å². The Morgan fingerprint density at radius 3 is 2.67 bits per heavy atom. The van der Waals surface area contributed by atoms with E-state index in [0.717, 1.165) is 15.3 Å². The Bertz CT molecular complexity index is 569. The standard InChI is InChI=1S/C12H16O4S2/c1-7(2)11(12(13)14)10-5-8-6-18(15,16)4-3-9(8)17-10/h5,7,11H,3-4,6H2,1-2H3,(H,13,14). The first-order valence-corrected chi connectivity index (χ1v) is 8.48. The molecular formula is C12H16O4S2. The van der Waals surface area contributed by atoms with E-state index in [-0.39, 0.29) is 17.4 Å². The third-order valence-electron chi connectivity index (χ3n) is 3.17. The van der Waals surface area contributed by atoms with Gasteiger partial charge in [-0.3, -0.25) is 4.79 Å². The molecule has 0 aliphatic carbocycles. The summed E-state index contributed by atoms with van der Waals surface area (Å²) in [6.07, 6.45) is 0.521. The van der Waals surface area contributed by atoms with Crippen molar-refractivity contribution in [3.8, 4) is 0 Å². The summed E-state index contributed by atoms with van der Waals surface area (Å²) in [7, 11) is -2.99. The smallest absolute Gasteiger partial charge is 0.312 e. The van der Waals surface area contributed by atoms with Crippen LogP contribution in [0.3, 0.4) is 0 Å². The summed E-state index contributed by atoms with van der Waals surface area (Å²) in [5.74, 6) is -1.14. The van der Waals surface area contributed by atoms with E-state index in [9.17, 15) is 18.3 Å². The maximum atomic E-state index is 11.5. The normalized spacial score (nSPS) is 19.5. The van der Waals surface area contributed by atoms with E-state index in [0.29, 0.717) is 6.42 Å². The first-order valence-electron chi connectivity index (χ1n) is 5.85. The monoisotopic (exact) mass is 288 g/mol. The molecule has 0 bridgehead atoms. The van der Waals surface area contributed by atoms with Crippen LogP contribution in [0.1, 0.15) is 35.1 Å². The molecule has 0 radical (unpaired) electrons. The molecule has 2 heterocycles. The van der Waals surface area contributed by atoms with Crippen LogP contribution in [0.2, 0.25) is 0 Å². The molecule has 0 saturated heterocycles. The molecule has 0 fully saturated rings. The Kier molecular flexibility index (Phi) is 3.51. The quantitative estimate of drug-likeness (QED) is 0.924. The number of hydrogen-bond acceptors (Lipinski definition) is 4. The third kappa shape index (κ3) is 2.59. The van der Waals surface area contributed by atoms with Crippen LogP contribution in [0.5, 0.6) is 0 Å². The van der Waals surface area contributed by atoms with E-state index in [1.807, 2.05) is 13.8 Å². The molecule has 1 aliphatic heterocycles. The fraction of sp³-hybridized carbons (Fsp3) is 0.583. The largest absolute Gasteiger partial charge is 0.481 e. The number of carboxylic acid groups (broad SMARTS) is 1. The van der Waals surface area contributed by atoms with Crippen LogP contribution >= 0.6 is 11.3 Å². The van der Waals surface area contributed by atoms with Gasteiger partial charge in [0.2, 0.25) is 0 Å². The number of rotatable bonds is 3. The lowest BCUT2D eigenvalue weighted by molar-refractivity contribution is -0.139. The fourth-order valence-corrected chi connectivity index (χ4v) is 5.33. The van der Waals surface area contributed by atoms with Gasteiger partial charge < -0.3 is 5.11 Å². The van der Waals surface area contributed by atoms with Gasteiger partial charge >= 0.3 is 5.97 Å². The highest BCUT2D eigenvalue weighted by Gasteiger charge is 2.29. The molecule has 100 valence electrons. The molecule has 0 amide bonds. The van der Waals surface area contributed by atoms with Gasteiger partial charge in [0.05, 0.1) is 17.4 Å². The number of thiophene rings is 1. The molecule has 0 aromatic carbocycles. The number of aryl methyl sites for hydroxylation is 1. The zero-order valence-electron chi connectivity index (χ0n) is 10.3. The molecule has 18 heavy (non-hydrogen) atoms. The maximum Gasteiger partial charge on any atom is 0.312 e. The summed E-state index contributed by atoms with van der Waals surface area (Å²) >= 11 is 1.46. The second-order valence-corrected chi connectivity index (χ2v) is 8.35. The number of fused-ring (bicyclic) bond motifs is 1. The summed E-state index contributed by atoms with van der Waals surface area (Å²) in [5.41, 5.74) is 0.799. The lowest BCUT2D eigenvalue weighted by Gasteiger charge is -2.13. The number of hydrogen-bond donors (Lipinski definition) is 1. The molecule has 1 N–H and O–H groups in total. The Morgan fingerprint density at radius 2 is 2.11 bits per heavy atom. The summed E-state index contributed by atoms with van der Waals surface area (Å²) < 4.78 is 23.1. The van der Waals surface area contributed by atoms with Gasteiger partial charge in [-0.15, -0.1) is 11.3 Å². The van der Waals surface area contributed by atoms with Gasteiger partial charge in [0.25, 0.3) is 0 Å². The third-order valence-corrected chi connectivity index (χ3v) is 6.07. The lowest BCUT2D eigenvalue weighted by Crippen LogP contribution is -2.17. The Hall–Kier alpha value is -0.880. The summed E-state index contributed by atoms with van der Waals surface area (Å²) in [6.45, 7) is 3.74. The van der Waals surface area contributed by atoms with Gasteiger partial charge in [-0.05, 0) is 24.0 Å². The summed E-state index contributed by atoms with van der Waals surface area (Å²) in [6, 6.07) is 1.77. The van der Waals surface area contributed by atoms with Crippen LogP contribution in [-0.2, 0) is 26.8 Å². The second-order valence-electron chi connectivity index (χ2n) is 5.00. The molecule has 0 saturated carbocycles. The average Bonchev–Trinajstić information content (AvgIpc) is 2.56. The van der Waals surface area contributed by atoms with Crippen molar-refractivity contribution in [2.24, 2.45) is 5.92 Å². The molecule has 1 aromatic heterocycles. The van der Waals surface area contributed by atoms with Gasteiger partial charge in [0.1, 0.15) is 0 Å². The second kappa shape index (κ2) is 4.66. The Morgan fingerprint density at radius 1 is 1.44 bits per heavy atom. The van der Waals surface area contributed by atoms with Gasteiger partial charge in [-0.25, -0.2) is 8.42 Å². The number of aliphatic carboxylic acids is 1. The fourth-order valence-electron chi connectivity index (χ4n) is 2.27. The first kappa shape index (κ1) is 13.5. The maximum absolute atomic E-state index is 11.5. The zero-order chi connectivity index (χ0) is 13.5. The van der Waals surface area contributed by atoms with Crippen molar-refractivity contribution >= 4 is 27.1 Å². The van der Waals surface area contributed by atoms with Crippen LogP contribution < -0.4 is 0 Å². The first-order chi connectivity index (χ1) is 8.30. The van der Waals surface area contributed by atoms with E-state index in [1.54, 1.807) is 6.07 Å². The molecule has 1 aliphatic rings. The molecule has 6 heteroatoms. The summed E-state index contributed by atoms with van der Waals surface area (Å²) in [5, 5.41) is 9.25. The van der Waals surface area contributed by atoms with E-state index >= 15 is 0 Å². The minimum atomic E-state index is -2.99. The van der Waals surface area contributed by atoms with E-state index in [4.69, 9.17) is 0 Å². The van der Waals surface area contributed by atoms with Crippen LogP contribution in [0, 0.1) is 5.92 Å². The van der Waals surface area contributed by atoms with Crippen molar-refractivity contribution < 1.29 is 18.3 Å². The average molecular weight is 288 g/mol. The predicted octanol–water partition coefficient (Wildman–Crippen LogP) is 2.04. The van der Waals surface area contributed by atoms with Crippen molar-refractivity contribution in [3.05, 3.63) is 21.4 Å². The van der Waals surface area contributed by atoms with Crippen LogP contribution in [0.15, 0.2) is 6.07 Å². The van der Waals surface area contributed by atoms with Gasteiger partial charge in [0, 0.05) is 9.75 Å². The van der Waals surface area contributed by atoms with Crippen LogP contribution in [0.4, 0.5) is 0 Å². The highest BCUT2D eigenvalue weighted by molar-refractivity contribution is 7.90. The number of sulfone groups is 1. The molecular weight excluding hydrogens is 272 g/mol. The van der Waals surface area contributed by atoms with Gasteiger partial charge in [0.15, 0.2) is 9.84 Å². The lowest BCUT2D eigenvalue weighted by atomic mass is 9.94. The van der Waals surface area contributed by atoms with Gasteiger partial charge in [-0.2, -0.15) is 0 Å². The molecule has 1 unspecified atom stereocenters. The zero-order valence-corrected chi connectivity index (χ0v) is 12.0. The molecule has 4 nitrogen and oxygen atoms in total. The van der Waals surface area contributed by atoms with Crippen molar-refractivity contribution in [2.45, 2.75) is 31.9 Å². The Balaban J connectivity index is 2.38. The highest BCUT2D eigenvalue weighted by Crippen LogP contribution is 2.36. The van der Waals surface area contributed by atoms with Crippen molar-refractivity contribution in [1.82, 2.24) is 0 Å². The Labute approximate surface area is 111 Å². The number of carbonyl (C=O) groups is 1. The minimum Gasteiger partial charge on any atom is -0.481 e.